The zero-order valence-electron chi connectivity index (χ0n) is 14.8. The molecule has 2 aromatic rings. The molecule has 0 unspecified atom stereocenters. The molecule has 3 N–H and O–H groups in total. The van der Waals surface area contributed by atoms with Gasteiger partial charge in [-0.15, -0.1) is 0 Å². The molecule has 28 heavy (non-hydrogen) atoms. The summed E-state index contributed by atoms with van der Waals surface area (Å²) in [6.45, 7) is 0.723. The minimum absolute atomic E-state index is 0.0160. The molecule has 2 heterocycles. The van der Waals surface area contributed by atoms with Crippen LogP contribution in [0.2, 0.25) is 5.02 Å². The van der Waals surface area contributed by atoms with Crippen molar-refractivity contribution in [3.63, 3.8) is 0 Å². The summed E-state index contributed by atoms with van der Waals surface area (Å²) in [7, 11) is 0. The minimum Gasteiger partial charge on any atom is -0.477 e. The topological polar surface area (TPSA) is 109 Å². The fourth-order valence-corrected chi connectivity index (χ4v) is 3.99. The first-order valence-corrected chi connectivity index (χ1v) is 9.27. The zero-order valence-corrected chi connectivity index (χ0v) is 15.6. The van der Waals surface area contributed by atoms with E-state index in [-0.39, 0.29) is 54.1 Å². The number of hydrazine groups is 1. The number of nitrogens with zero attached hydrogens (tertiary/aromatic N) is 3. The molecule has 1 amide bonds. The largest absolute Gasteiger partial charge is 0.477 e. The van der Waals surface area contributed by atoms with Gasteiger partial charge in [0, 0.05) is 31.7 Å². The lowest BCUT2D eigenvalue weighted by Gasteiger charge is -2.25. The Hall–Kier alpha value is -2.65. The van der Waals surface area contributed by atoms with Crippen LogP contribution in [0, 0.1) is 5.82 Å². The second-order valence-corrected chi connectivity index (χ2v) is 7.43. The Kier molecular flexibility index (Phi) is 4.51. The highest BCUT2D eigenvalue weighted by Gasteiger charge is 2.31. The van der Waals surface area contributed by atoms with Crippen LogP contribution in [0.3, 0.4) is 0 Å². The number of carboxylic acid groups (broad SMARTS) is 1. The molecule has 4 rings (SSSR count). The highest BCUT2D eigenvalue weighted by molar-refractivity contribution is 6.38. The summed E-state index contributed by atoms with van der Waals surface area (Å²) in [5.41, 5.74) is -0.780. The quantitative estimate of drug-likeness (QED) is 0.591. The van der Waals surface area contributed by atoms with Crippen LogP contribution in [0.25, 0.3) is 10.9 Å². The summed E-state index contributed by atoms with van der Waals surface area (Å²) < 4.78 is 16.7. The molecular weight excluding hydrogens is 391 g/mol. The van der Waals surface area contributed by atoms with Gasteiger partial charge in [-0.3, -0.25) is 14.6 Å². The SMILES string of the molecule is NN1CCN(c2c(F)cc3c(=O)c(C(=O)O)cn(C4CC4)c3c2Cl)CCC1=O. The van der Waals surface area contributed by atoms with E-state index in [1.165, 1.54) is 6.20 Å². The van der Waals surface area contributed by atoms with Gasteiger partial charge in [0.1, 0.15) is 11.4 Å². The van der Waals surface area contributed by atoms with Gasteiger partial charge in [0.2, 0.25) is 11.3 Å². The lowest BCUT2D eigenvalue weighted by molar-refractivity contribution is -0.130. The Bertz CT molecular complexity index is 1070. The summed E-state index contributed by atoms with van der Waals surface area (Å²) in [4.78, 5) is 37.5. The average Bonchev–Trinajstić information content (AvgIpc) is 3.48. The number of carbonyl (C=O) groups is 2. The van der Waals surface area contributed by atoms with Gasteiger partial charge in [-0.1, -0.05) is 11.6 Å². The fraction of sp³-hybridized carbons (Fsp3) is 0.389. The first-order valence-electron chi connectivity index (χ1n) is 8.89. The predicted octanol–water partition coefficient (Wildman–Crippen LogP) is 1.74. The molecule has 8 nitrogen and oxygen atoms in total. The lowest BCUT2D eigenvalue weighted by atomic mass is 10.1. The van der Waals surface area contributed by atoms with E-state index >= 15 is 4.39 Å². The normalized spacial score (nSPS) is 17.9. The maximum atomic E-state index is 15.0. The molecule has 0 radical (unpaired) electrons. The van der Waals surface area contributed by atoms with Crippen LogP contribution in [0.5, 0.6) is 0 Å². The first-order chi connectivity index (χ1) is 13.3. The Balaban J connectivity index is 1.94. The van der Waals surface area contributed by atoms with Crippen LogP contribution in [-0.2, 0) is 4.79 Å². The van der Waals surface area contributed by atoms with Gasteiger partial charge >= 0.3 is 5.97 Å². The lowest BCUT2D eigenvalue weighted by Crippen LogP contribution is -2.38. The summed E-state index contributed by atoms with van der Waals surface area (Å²) in [5, 5.41) is 10.4. The zero-order chi connectivity index (χ0) is 20.2. The molecule has 2 aliphatic rings. The molecule has 1 aromatic heterocycles. The number of fused-ring (bicyclic) bond motifs is 1. The van der Waals surface area contributed by atoms with Crippen LogP contribution >= 0.6 is 11.6 Å². The number of nitrogens with two attached hydrogens (primary N) is 1. The van der Waals surface area contributed by atoms with E-state index < -0.39 is 22.8 Å². The number of carbonyl (C=O) groups excluding carboxylic acids is 1. The van der Waals surface area contributed by atoms with E-state index in [2.05, 4.69) is 0 Å². The number of benzene rings is 1. The number of aromatic carboxylic acids is 1. The standard InChI is InChI=1S/C18H18ClFN4O4/c19-14-15-10(17(26)11(18(27)28)8-23(15)9-1-2-9)7-12(20)16(14)22-4-3-13(25)24(21)6-5-22/h7-9H,1-6,21H2,(H,27,28). The van der Waals surface area contributed by atoms with Crippen molar-refractivity contribution in [2.24, 2.45) is 5.84 Å². The smallest absolute Gasteiger partial charge is 0.341 e. The number of hydrogen-bond donors (Lipinski definition) is 2. The maximum Gasteiger partial charge on any atom is 0.341 e. The van der Waals surface area contributed by atoms with Gasteiger partial charge < -0.3 is 14.6 Å². The molecule has 0 atom stereocenters. The molecule has 1 aliphatic heterocycles. The fourth-order valence-electron chi connectivity index (χ4n) is 3.58. The molecule has 1 saturated heterocycles. The van der Waals surface area contributed by atoms with Gasteiger partial charge in [-0.2, -0.15) is 0 Å². The maximum absolute atomic E-state index is 15.0. The second-order valence-electron chi connectivity index (χ2n) is 7.06. The van der Waals surface area contributed by atoms with Crippen molar-refractivity contribution in [3.05, 3.63) is 38.9 Å². The van der Waals surface area contributed by atoms with Crippen molar-refractivity contribution < 1.29 is 19.1 Å². The van der Waals surface area contributed by atoms with E-state index in [0.29, 0.717) is 5.52 Å². The van der Waals surface area contributed by atoms with E-state index in [1.54, 1.807) is 9.47 Å². The number of hydrogen-bond acceptors (Lipinski definition) is 5. The van der Waals surface area contributed by atoms with Gasteiger partial charge in [0.25, 0.3) is 0 Å². The molecule has 1 saturated carbocycles. The van der Waals surface area contributed by atoms with Crippen molar-refractivity contribution in [3.8, 4) is 0 Å². The van der Waals surface area contributed by atoms with E-state index in [1.807, 2.05) is 0 Å². The molecule has 1 aromatic carbocycles. The van der Waals surface area contributed by atoms with Gasteiger partial charge in [0.05, 0.1) is 28.2 Å². The predicted molar refractivity (Wildman–Crippen MR) is 101 cm³/mol. The molecule has 2 fully saturated rings. The van der Waals surface area contributed by atoms with Crippen LogP contribution < -0.4 is 16.2 Å². The number of amides is 1. The van der Waals surface area contributed by atoms with Crippen molar-refractivity contribution in [1.82, 2.24) is 9.58 Å². The van der Waals surface area contributed by atoms with Crippen molar-refractivity contribution in [2.75, 3.05) is 24.5 Å². The third-order valence-electron chi connectivity index (χ3n) is 5.20. The number of anilines is 1. The monoisotopic (exact) mass is 408 g/mol. The third-order valence-corrected chi connectivity index (χ3v) is 5.56. The third kappa shape index (κ3) is 3.00. The average molecular weight is 409 g/mol. The van der Waals surface area contributed by atoms with Gasteiger partial charge in [-0.05, 0) is 18.9 Å². The summed E-state index contributed by atoms with van der Waals surface area (Å²) in [6, 6.07) is 1.05. The Labute approximate surface area is 163 Å². The summed E-state index contributed by atoms with van der Waals surface area (Å²) in [5.74, 6) is 3.30. The van der Waals surface area contributed by atoms with Crippen molar-refractivity contribution >= 4 is 40.1 Å². The molecule has 1 aliphatic carbocycles. The van der Waals surface area contributed by atoms with E-state index in [0.717, 1.165) is 23.9 Å². The number of rotatable bonds is 3. The molecule has 0 spiro atoms. The second kappa shape index (κ2) is 6.75. The van der Waals surface area contributed by atoms with Crippen LogP contribution in [-0.4, -0.2) is 46.2 Å². The Morgan fingerprint density at radius 2 is 1.96 bits per heavy atom. The van der Waals surface area contributed by atoms with E-state index in [4.69, 9.17) is 17.4 Å². The number of halogens is 2. The van der Waals surface area contributed by atoms with Crippen molar-refractivity contribution in [2.45, 2.75) is 25.3 Å². The van der Waals surface area contributed by atoms with Crippen LogP contribution in [0.1, 0.15) is 35.7 Å². The van der Waals surface area contributed by atoms with Gasteiger partial charge in [0.15, 0.2) is 0 Å². The Morgan fingerprint density at radius 3 is 2.61 bits per heavy atom. The minimum atomic E-state index is -1.36. The summed E-state index contributed by atoms with van der Waals surface area (Å²) in [6.07, 6.45) is 3.03. The molecular formula is C18H18ClFN4O4. The highest BCUT2D eigenvalue weighted by atomic mass is 35.5. The molecule has 0 bridgehead atoms. The van der Waals surface area contributed by atoms with Crippen LogP contribution in [0.4, 0.5) is 10.1 Å². The Morgan fingerprint density at radius 1 is 1.25 bits per heavy atom. The summed E-state index contributed by atoms with van der Waals surface area (Å²) >= 11 is 6.57. The van der Waals surface area contributed by atoms with Crippen LogP contribution in [0.15, 0.2) is 17.1 Å². The first kappa shape index (κ1) is 18.7. The number of aromatic nitrogens is 1. The highest BCUT2D eigenvalue weighted by Crippen LogP contribution is 2.42. The molecule has 148 valence electrons. The van der Waals surface area contributed by atoms with Crippen molar-refractivity contribution in [1.29, 1.82) is 0 Å². The molecule has 10 heteroatoms. The van der Waals surface area contributed by atoms with Gasteiger partial charge in [-0.25, -0.2) is 15.0 Å². The number of carboxylic acids is 1. The number of pyridine rings is 1. The van der Waals surface area contributed by atoms with E-state index in [9.17, 15) is 19.5 Å².